The molecular weight excluding hydrogens is 343 g/mol. The van der Waals surface area contributed by atoms with Crippen LogP contribution in [0, 0.1) is 0 Å². The van der Waals surface area contributed by atoms with E-state index in [9.17, 15) is 13.2 Å². The molecule has 1 N–H and O–H groups in total. The summed E-state index contributed by atoms with van der Waals surface area (Å²) in [6.07, 6.45) is -1.68. The lowest BCUT2D eigenvalue weighted by molar-refractivity contribution is -0.274. The molecule has 3 aromatic rings. The summed E-state index contributed by atoms with van der Waals surface area (Å²) in [6.45, 7) is 1.99. The molecular formula is C19H16F3N3O. The molecule has 2 aromatic carbocycles. The summed E-state index contributed by atoms with van der Waals surface area (Å²) in [6, 6.07) is 15.5. The molecule has 3 rings (SSSR count). The van der Waals surface area contributed by atoms with Gasteiger partial charge in [0.2, 0.25) is 0 Å². The van der Waals surface area contributed by atoms with E-state index in [0.29, 0.717) is 17.1 Å². The number of nitrogens with one attached hydrogen (secondary N) is 1. The van der Waals surface area contributed by atoms with E-state index in [4.69, 9.17) is 0 Å². The maximum Gasteiger partial charge on any atom is 0.573 e. The Morgan fingerprint density at radius 2 is 1.77 bits per heavy atom. The Morgan fingerprint density at radius 3 is 2.50 bits per heavy atom. The van der Waals surface area contributed by atoms with Crippen molar-refractivity contribution in [3.05, 3.63) is 72.6 Å². The van der Waals surface area contributed by atoms with Crippen LogP contribution in [0.4, 0.5) is 19.0 Å². The maximum atomic E-state index is 12.4. The molecule has 134 valence electrons. The summed E-state index contributed by atoms with van der Waals surface area (Å²) in [5, 5.41) is 3.24. The first-order chi connectivity index (χ1) is 12.4. The Balaban J connectivity index is 1.80. The summed E-state index contributed by atoms with van der Waals surface area (Å²) in [5.74, 6) is 0.230. The molecule has 1 heterocycles. The molecule has 0 aliphatic heterocycles. The van der Waals surface area contributed by atoms with Crippen LogP contribution < -0.4 is 10.1 Å². The Hall–Kier alpha value is -3.09. The molecule has 0 bridgehead atoms. The zero-order valence-electron chi connectivity index (χ0n) is 13.9. The molecule has 0 spiro atoms. The summed E-state index contributed by atoms with van der Waals surface area (Å²) in [5.41, 5.74) is 2.01. The molecule has 0 aliphatic rings. The third-order valence-electron chi connectivity index (χ3n) is 3.66. The number of ether oxygens (including phenoxy) is 1. The number of hydrogen-bond donors (Lipinski definition) is 1. The van der Waals surface area contributed by atoms with E-state index < -0.39 is 6.36 Å². The van der Waals surface area contributed by atoms with E-state index in [-0.39, 0.29) is 11.8 Å². The van der Waals surface area contributed by atoms with Gasteiger partial charge in [-0.05, 0) is 24.6 Å². The minimum Gasteiger partial charge on any atom is -0.406 e. The molecule has 1 aromatic heterocycles. The van der Waals surface area contributed by atoms with Crippen LogP contribution in [0.2, 0.25) is 0 Å². The average molecular weight is 359 g/mol. The number of benzene rings is 2. The molecule has 1 atom stereocenters. The van der Waals surface area contributed by atoms with Gasteiger partial charge in [-0.3, -0.25) is 4.98 Å². The van der Waals surface area contributed by atoms with Gasteiger partial charge in [0.25, 0.3) is 0 Å². The molecule has 4 nitrogen and oxygen atoms in total. The van der Waals surface area contributed by atoms with Crippen molar-refractivity contribution in [3.8, 4) is 17.0 Å². The van der Waals surface area contributed by atoms with Gasteiger partial charge in [-0.1, -0.05) is 42.5 Å². The highest BCUT2D eigenvalue weighted by atomic mass is 19.4. The number of anilines is 1. The maximum absolute atomic E-state index is 12.4. The topological polar surface area (TPSA) is 47.0 Å². The molecule has 0 aliphatic carbocycles. The second-order valence-electron chi connectivity index (χ2n) is 5.64. The largest absolute Gasteiger partial charge is 0.573 e. The summed E-state index contributed by atoms with van der Waals surface area (Å²) in [4.78, 5) is 8.56. The number of rotatable bonds is 5. The third-order valence-corrected chi connectivity index (χ3v) is 3.66. The van der Waals surface area contributed by atoms with Gasteiger partial charge in [0.1, 0.15) is 11.6 Å². The molecule has 0 unspecified atom stereocenters. The molecule has 0 saturated heterocycles. The lowest BCUT2D eigenvalue weighted by Gasteiger charge is -2.15. The minimum atomic E-state index is -4.74. The third kappa shape index (κ3) is 4.72. The van der Waals surface area contributed by atoms with Crippen molar-refractivity contribution >= 4 is 5.82 Å². The van der Waals surface area contributed by atoms with E-state index in [1.54, 1.807) is 12.3 Å². The molecule has 0 radical (unpaired) electrons. The van der Waals surface area contributed by atoms with Crippen LogP contribution in [-0.4, -0.2) is 16.3 Å². The SMILES string of the molecule is C[C@H](Nc1cncc(-c2cccc(OC(F)(F)F)c2)n1)c1ccccc1. The van der Waals surface area contributed by atoms with E-state index in [1.165, 1.54) is 24.4 Å². The highest BCUT2D eigenvalue weighted by Gasteiger charge is 2.31. The van der Waals surface area contributed by atoms with Crippen LogP contribution in [0.5, 0.6) is 5.75 Å². The van der Waals surface area contributed by atoms with Crippen LogP contribution >= 0.6 is 0 Å². The zero-order chi connectivity index (χ0) is 18.6. The Labute approximate surface area is 148 Å². The van der Waals surface area contributed by atoms with Crippen LogP contribution in [0.1, 0.15) is 18.5 Å². The Kier molecular flexibility index (Phi) is 5.06. The van der Waals surface area contributed by atoms with Gasteiger partial charge in [-0.2, -0.15) is 0 Å². The normalized spacial score (nSPS) is 12.5. The van der Waals surface area contributed by atoms with Crippen molar-refractivity contribution in [2.24, 2.45) is 0 Å². The van der Waals surface area contributed by atoms with Gasteiger partial charge in [-0.15, -0.1) is 13.2 Å². The predicted octanol–water partition coefficient (Wildman–Crippen LogP) is 5.22. The Morgan fingerprint density at radius 1 is 1.00 bits per heavy atom. The van der Waals surface area contributed by atoms with Crippen LogP contribution in [-0.2, 0) is 0 Å². The van der Waals surface area contributed by atoms with Crippen molar-refractivity contribution in [2.75, 3.05) is 5.32 Å². The fourth-order valence-corrected chi connectivity index (χ4v) is 2.47. The monoisotopic (exact) mass is 359 g/mol. The van der Waals surface area contributed by atoms with Gasteiger partial charge in [-0.25, -0.2) is 4.98 Å². The van der Waals surface area contributed by atoms with E-state index in [2.05, 4.69) is 20.0 Å². The second-order valence-corrected chi connectivity index (χ2v) is 5.64. The summed E-state index contributed by atoms with van der Waals surface area (Å²) in [7, 11) is 0. The van der Waals surface area contributed by atoms with Crippen molar-refractivity contribution in [1.82, 2.24) is 9.97 Å². The van der Waals surface area contributed by atoms with E-state index in [0.717, 1.165) is 5.56 Å². The first-order valence-electron chi connectivity index (χ1n) is 7.90. The quantitative estimate of drug-likeness (QED) is 0.679. The molecule has 0 amide bonds. The molecule has 0 saturated carbocycles. The lowest BCUT2D eigenvalue weighted by Crippen LogP contribution is -2.17. The highest BCUT2D eigenvalue weighted by molar-refractivity contribution is 5.62. The number of nitrogens with zero attached hydrogens (tertiary/aromatic N) is 2. The van der Waals surface area contributed by atoms with Gasteiger partial charge < -0.3 is 10.1 Å². The van der Waals surface area contributed by atoms with E-state index in [1.807, 2.05) is 37.3 Å². The van der Waals surface area contributed by atoms with Gasteiger partial charge >= 0.3 is 6.36 Å². The smallest absolute Gasteiger partial charge is 0.406 e. The molecule has 0 fully saturated rings. The first-order valence-corrected chi connectivity index (χ1v) is 7.90. The van der Waals surface area contributed by atoms with Crippen molar-refractivity contribution in [2.45, 2.75) is 19.3 Å². The van der Waals surface area contributed by atoms with Gasteiger partial charge in [0.15, 0.2) is 0 Å². The van der Waals surface area contributed by atoms with E-state index >= 15 is 0 Å². The highest BCUT2D eigenvalue weighted by Crippen LogP contribution is 2.27. The van der Waals surface area contributed by atoms with Crippen LogP contribution in [0.25, 0.3) is 11.3 Å². The standard InChI is InChI=1S/C19H16F3N3O/c1-13(14-6-3-2-4-7-14)24-18-12-23-11-17(25-18)15-8-5-9-16(10-15)26-19(20,21)22/h2-13H,1H3,(H,24,25)/t13-/m0/s1. The van der Waals surface area contributed by atoms with Crippen LogP contribution in [0.3, 0.4) is 0 Å². The van der Waals surface area contributed by atoms with Crippen molar-refractivity contribution in [1.29, 1.82) is 0 Å². The number of alkyl halides is 3. The zero-order valence-corrected chi connectivity index (χ0v) is 13.9. The fourth-order valence-electron chi connectivity index (χ4n) is 2.47. The molecule has 26 heavy (non-hydrogen) atoms. The predicted molar refractivity (Wildman–Crippen MR) is 92.6 cm³/mol. The number of hydrogen-bond acceptors (Lipinski definition) is 4. The van der Waals surface area contributed by atoms with Crippen molar-refractivity contribution in [3.63, 3.8) is 0 Å². The minimum absolute atomic E-state index is 0.000599. The first kappa shape index (κ1) is 17.7. The van der Waals surface area contributed by atoms with Gasteiger partial charge in [0.05, 0.1) is 18.1 Å². The number of halogens is 3. The van der Waals surface area contributed by atoms with Gasteiger partial charge in [0, 0.05) is 11.6 Å². The second kappa shape index (κ2) is 7.43. The molecule has 7 heteroatoms. The summed E-state index contributed by atoms with van der Waals surface area (Å²) >= 11 is 0. The van der Waals surface area contributed by atoms with Crippen LogP contribution in [0.15, 0.2) is 67.0 Å². The summed E-state index contributed by atoms with van der Waals surface area (Å²) < 4.78 is 41.1. The lowest BCUT2D eigenvalue weighted by atomic mass is 10.1. The van der Waals surface area contributed by atoms with Crippen molar-refractivity contribution < 1.29 is 17.9 Å². The Bertz CT molecular complexity index is 869. The average Bonchev–Trinajstić information content (AvgIpc) is 2.61. The fraction of sp³-hybridized carbons (Fsp3) is 0.158. The number of aromatic nitrogens is 2.